The van der Waals surface area contributed by atoms with Crippen LogP contribution in [0.15, 0.2) is 41.3 Å². The highest BCUT2D eigenvalue weighted by Crippen LogP contribution is 2.26. The molecule has 9 heteroatoms. The number of halogens is 3. The highest BCUT2D eigenvalue weighted by molar-refractivity contribution is 7.92. The third kappa shape index (κ3) is 3.34. The van der Waals surface area contributed by atoms with Gasteiger partial charge in [-0.1, -0.05) is 11.6 Å². The number of nitrogens with two attached hydrogens (primary N) is 1. The van der Waals surface area contributed by atoms with Gasteiger partial charge in [-0.15, -0.1) is 0 Å². The van der Waals surface area contributed by atoms with Crippen LogP contribution < -0.4 is 10.5 Å². The third-order valence-corrected chi connectivity index (χ3v) is 4.39. The largest absolute Gasteiger partial charge is 0.366 e. The zero-order chi connectivity index (χ0) is 16.5. The van der Waals surface area contributed by atoms with Crippen molar-refractivity contribution in [2.24, 2.45) is 5.73 Å². The second kappa shape index (κ2) is 5.90. The molecular weight excluding hydrogens is 338 g/mol. The molecule has 0 atom stereocenters. The van der Waals surface area contributed by atoms with E-state index in [1.165, 1.54) is 12.1 Å². The molecule has 0 saturated carbocycles. The number of rotatable bonds is 4. The number of anilines is 1. The van der Waals surface area contributed by atoms with Crippen LogP contribution in [0.25, 0.3) is 0 Å². The Bertz CT molecular complexity index is 856. The fourth-order valence-electron chi connectivity index (χ4n) is 1.64. The maximum atomic E-state index is 13.6. The number of benzene rings is 2. The van der Waals surface area contributed by atoms with E-state index in [4.69, 9.17) is 17.3 Å². The summed E-state index contributed by atoms with van der Waals surface area (Å²) in [6, 6.07) is 5.65. The maximum absolute atomic E-state index is 13.6. The third-order valence-electron chi connectivity index (χ3n) is 2.68. The van der Waals surface area contributed by atoms with Crippen LogP contribution >= 0.6 is 11.6 Å². The first-order chi connectivity index (χ1) is 10.2. The number of primary amides is 1. The van der Waals surface area contributed by atoms with Crippen molar-refractivity contribution >= 4 is 33.2 Å². The Kier molecular flexibility index (Phi) is 4.34. The summed E-state index contributed by atoms with van der Waals surface area (Å²) in [6.07, 6.45) is 0. The minimum atomic E-state index is -4.43. The van der Waals surface area contributed by atoms with Crippen molar-refractivity contribution in [3.63, 3.8) is 0 Å². The molecule has 0 heterocycles. The van der Waals surface area contributed by atoms with Crippen LogP contribution in [0.5, 0.6) is 0 Å². The summed E-state index contributed by atoms with van der Waals surface area (Å²) in [5.41, 5.74) is 4.91. The molecule has 0 aromatic heterocycles. The van der Waals surface area contributed by atoms with E-state index in [1.54, 1.807) is 0 Å². The first-order valence-corrected chi connectivity index (χ1v) is 7.64. The fraction of sp³-hybridized carbons (Fsp3) is 0. The van der Waals surface area contributed by atoms with Crippen LogP contribution in [0.4, 0.5) is 14.5 Å². The second-order valence-corrected chi connectivity index (χ2v) is 6.30. The van der Waals surface area contributed by atoms with E-state index in [9.17, 15) is 22.0 Å². The van der Waals surface area contributed by atoms with Crippen LogP contribution in [0.2, 0.25) is 5.02 Å². The van der Waals surface area contributed by atoms with Gasteiger partial charge in [-0.05, 0) is 36.4 Å². The predicted molar refractivity (Wildman–Crippen MR) is 77.1 cm³/mol. The monoisotopic (exact) mass is 346 g/mol. The molecule has 2 aromatic carbocycles. The summed E-state index contributed by atoms with van der Waals surface area (Å²) >= 11 is 5.82. The molecule has 3 N–H and O–H groups in total. The quantitative estimate of drug-likeness (QED) is 0.891. The highest BCUT2D eigenvalue weighted by Gasteiger charge is 2.21. The average molecular weight is 347 g/mol. The van der Waals surface area contributed by atoms with Gasteiger partial charge in [0.15, 0.2) is 0 Å². The minimum absolute atomic E-state index is 0.00168. The summed E-state index contributed by atoms with van der Waals surface area (Å²) < 4.78 is 52.9. The SMILES string of the molecule is NC(=O)c1ccc(Cl)c(NS(=O)(=O)c2cc(F)ccc2F)c1. The Labute approximate surface area is 129 Å². The molecule has 0 fully saturated rings. The van der Waals surface area contributed by atoms with Crippen molar-refractivity contribution in [1.29, 1.82) is 0 Å². The Morgan fingerprint density at radius 1 is 1.14 bits per heavy atom. The number of hydrogen-bond donors (Lipinski definition) is 2. The van der Waals surface area contributed by atoms with Crippen molar-refractivity contribution in [1.82, 2.24) is 0 Å². The van der Waals surface area contributed by atoms with Gasteiger partial charge < -0.3 is 5.73 Å². The van der Waals surface area contributed by atoms with Gasteiger partial charge in [0.25, 0.3) is 10.0 Å². The van der Waals surface area contributed by atoms with E-state index >= 15 is 0 Å². The number of hydrogen-bond acceptors (Lipinski definition) is 3. The molecule has 5 nitrogen and oxygen atoms in total. The van der Waals surface area contributed by atoms with Crippen molar-refractivity contribution in [3.8, 4) is 0 Å². The van der Waals surface area contributed by atoms with Crippen LogP contribution in [-0.2, 0) is 10.0 Å². The van der Waals surface area contributed by atoms with E-state index in [0.29, 0.717) is 12.1 Å². The van der Waals surface area contributed by atoms with Crippen LogP contribution in [0, 0.1) is 11.6 Å². The Hall–Kier alpha value is -2.19. The van der Waals surface area contributed by atoms with Crippen LogP contribution in [-0.4, -0.2) is 14.3 Å². The Morgan fingerprint density at radius 3 is 2.45 bits per heavy atom. The fourth-order valence-corrected chi connectivity index (χ4v) is 3.02. The molecule has 1 amide bonds. The lowest BCUT2D eigenvalue weighted by molar-refractivity contribution is 0.100. The van der Waals surface area contributed by atoms with Gasteiger partial charge in [-0.2, -0.15) is 0 Å². The van der Waals surface area contributed by atoms with E-state index in [2.05, 4.69) is 0 Å². The molecule has 0 radical (unpaired) electrons. The minimum Gasteiger partial charge on any atom is -0.366 e. The van der Waals surface area contributed by atoms with E-state index in [1.807, 2.05) is 4.72 Å². The molecule has 0 bridgehead atoms. The normalized spacial score (nSPS) is 11.2. The van der Waals surface area contributed by atoms with Crippen molar-refractivity contribution in [2.75, 3.05) is 4.72 Å². The lowest BCUT2D eigenvalue weighted by Crippen LogP contribution is -2.16. The van der Waals surface area contributed by atoms with E-state index < -0.39 is 32.5 Å². The van der Waals surface area contributed by atoms with E-state index in [-0.39, 0.29) is 16.3 Å². The van der Waals surface area contributed by atoms with Crippen molar-refractivity contribution in [3.05, 3.63) is 58.6 Å². The summed E-state index contributed by atoms with van der Waals surface area (Å²) in [5, 5.41) is -0.0367. The van der Waals surface area contributed by atoms with Crippen molar-refractivity contribution in [2.45, 2.75) is 4.90 Å². The van der Waals surface area contributed by atoms with Gasteiger partial charge in [0.1, 0.15) is 16.5 Å². The van der Waals surface area contributed by atoms with Gasteiger partial charge in [-0.3, -0.25) is 9.52 Å². The smallest absolute Gasteiger partial charge is 0.264 e. The number of carbonyl (C=O) groups is 1. The molecule has 0 aliphatic rings. The van der Waals surface area contributed by atoms with Crippen molar-refractivity contribution < 1.29 is 22.0 Å². The summed E-state index contributed by atoms with van der Waals surface area (Å²) in [5.74, 6) is -2.84. The molecule has 2 rings (SSSR count). The maximum Gasteiger partial charge on any atom is 0.264 e. The van der Waals surface area contributed by atoms with Crippen LogP contribution in [0.3, 0.4) is 0 Å². The first-order valence-electron chi connectivity index (χ1n) is 5.78. The number of amides is 1. The molecule has 0 aliphatic carbocycles. The molecule has 116 valence electrons. The summed E-state index contributed by atoms with van der Waals surface area (Å²) in [4.78, 5) is 10.2. The lowest BCUT2D eigenvalue weighted by Gasteiger charge is -2.11. The Balaban J connectivity index is 2.47. The predicted octanol–water partition coefficient (Wildman–Crippen LogP) is 2.52. The topological polar surface area (TPSA) is 89.3 Å². The first kappa shape index (κ1) is 16.2. The Morgan fingerprint density at radius 2 is 1.82 bits per heavy atom. The van der Waals surface area contributed by atoms with Gasteiger partial charge in [0.05, 0.1) is 10.7 Å². The summed E-state index contributed by atoms with van der Waals surface area (Å²) in [7, 11) is -4.43. The summed E-state index contributed by atoms with van der Waals surface area (Å²) in [6.45, 7) is 0. The zero-order valence-corrected chi connectivity index (χ0v) is 12.4. The lowest BCUT2D eigenvalue weighted by atomic mass is 10.2. The second-order valence-electron chi connectivity index (χ2n) is 4.24. The molecule has 0 saturated heterocycles. The standard InChI is InChI=1S/C13H9ClF2N2O3S/c14-9-3-1-7(13(17)19)5-11(9)18-22(20,21)12-6-8(15)2-4-10(12)16/h1-6,18H,(H2,17,19). The molecule has 0 spiro atoms. The zero-order valence-electron chi connectivity index (χ0n) is 10.8. The number of carbonyl (C=O) groups excluding carboxylic acids is 1. The molecule has 0 unspecified atom stereocenters. The van der Waals surface area contributed by atoms with Gasteiger partial charge in [0, 0.05) is 5.56 Å². The van der Waals surface area contributed by atoms with Gasteiger partial charge in [-0.25, -0.2) is 17.2 Å². The molecule has 22 heavy (non-hydrogen) atoms. The van der Waals surface area contributed by atoms with Crippen LogP contribution in [0.1, 0.15) is 10.4 Å². The van der Waals surface area contributed by atoms with E-state index in [0.717, 1.165) is 12.1 Å². The van der Waals surface area contributed by atoms with Gasteiger partial charge in [0.2, 0.25) is 5.91 Å². The number of sulfonamides is 1. The van der Waals surface area contributed by atoms with Gasteiger partial charge >= 0.3 is 0 Å². The molecular formula is C13H9ClF2N2O3S. The molecule has 0 aliphatic heterocycles. The highest BCUT2D eigenvalue weighted by atomic mass is 35.5. The molecule has 2 aromatic rings. The average Bonchev–Trinajstić information content (AvgIpc) is 2.43. The number of nitrogens with one attached hydrogen (secondary N) is 1.